The predicted octanol–water partition coefficient (Wildman–Crippen LogP) is 3.65. The van der Waals surface area contributed by atoms with Gasteiger partial charge in [-0.2, -0.15) is 0 Å². The molecule has 0 aliphatic rings. The standard InChI is InChI=1S/C20H28N4O2S/c1-8-17(21-16-11-12(2)9-10-13(16)3)27-15(5)23(6)19-14(4)18(25)22-20(26)24(19)7/h9-11,15H,8H2,1-7H3,(H,22,25,26)/b21-17+. The van der Waals surface area contributed by atoms with Crippen LogP contribution in [-0.2, 0) is 7.05 Å². The summed E-state index contributed by atoms with van der Waals surface area (Å²) in [6.07, 6.45) is 0.809. The fourth-order valence-electron chi connectivity index (χ4n) is 2.84. The Morgan fingerprint density at radius 2 is 1.96 bits per heavy atom. The van der Waals surface area contributed by atoms with Crippen molar-refractivity contribution >= 4 is 28.3 Å². The molecule has 1 heterocycles. The molecule has 1 unspecified atom stereocenters. The Morgan fingerprint density at radius 1 is 1.30 bits per heavy atom. The molecule has 6 nitrogen and oxygen atoms in total. The van der Waals surface area contributed by atoms with Gasteiger partial charge < -0.3 is 4.90 Å². The third-order valence-electron chi connectivity index (χ3n) is 4.62. The number of aryl methyl sites for hydroxylation is 2. The van der Waals surface area contributed by atoms with E-state index in [9.17, 15) is 9.59 Å². The fourth-order valence-corrected chi connectivity index (χ4v) is 3.81. The van der Waals surface area contributed by atoms with E-state index in [1.165, 1.54) is 10.1 Å². The zero-order valence-electron chi connectivity index (χ0n) is 17.1. The second-order valence-corrected chi connectivity index (χ2v) is 8.13. The van der Waals surface area contributed by atoms with E-state index in [1.54, 1.807) is 25.7 Å². The summed E-state index contributed by atoms with van der Waals surface area (Å²) in [5, 5.41) is 1.01. The highest BCUT2D eigenvalue weighted by molar-refractivity contribution is 8.14. The summed E-state index contributed by atoms with van der Waals surface area (Å²) in [6, 6.07) is 6.25. The van der Waals surface area contributed by atoms with Gasteiger partial charge in [0.15, 0.2) is 0 Å². The number of hydrogen-bond donors (Lipinski definition) is 1. The van der Waals surface area contributed by atoms with Gasteiger partial charge in [-0.3, -0.25) is 14.3 Å². The van der Waals surface area contributed by atoms with Crippen LogP contribution in [0.4, 0.5) is 11.5 Å². The molecule has 0 fully saturated rings. The van der Waals surface area contributed by atoms with Crippen LogP contribution >= 0.6 is 11.8 Å². The Morgan fingerprint density at radius 3 is 2.59 bits per heavy atom. The molecule has 0 saturated carbocycles. The van der Waals surface area contributed by atoms with Gasteiger partial charge in [0.25, 0.3) is 5.56 Å². The van der Waals surface area contributed by atoms with Crippen LogP contribution in [0.2, 0.25) is 0 Å². The summed E-state index contributed by atoms with van der Waals surface area (Å²) in [7, 11) is 3.56. The van der Waals surface area contributed by atoms with Gasteiger partial charge in [0.1, 0.15) is 5.82 Å². The van der Waals surface area contributed by atoms with E-state index in [-0.39, 0.29) is 10.9 Å². The van der Waals surface area contributed by atoms with E-state index >= 15 is 0 Å². The van der Waals surface area contributed by atoms with Crippen LogP contribution in [0.15, 0.2) is 32.8 Å². The monoisotopic (exact) mass is 388 g/mol. The molecule has 27 heavy (non-hydrogen) atoms. The maximum absolute atomic E-state index is 12.0. The van der Waals surface area contributed by atoms with E-state index in [0.29, 0.717) is 11.4 Å². The molecule has 2 aromatic rings. The second-order valence-electron chi connectivity index (χ2n) is 6.74. The van der Waals surface area contributed by atoms with Crippen molar-refractivity contribution in [2.24, 2.45) is 12.0 Å². The number of aromatic amines is 1. The first kappa shape index (κ1) is 21.0. The number of rotatable bonds is 5. The second kappa shape index (κ2) is 8.61. The minimum absolute atomic E-state index is 0.0000784. The third kappa shape index (κ3) is 4.71. The van der Waals surface area contributed by atoms with Crippen LogP contribution in [0.3, 0.4) is 0 Å². The molecule has 0 bridgehead atoms. The Labute approximate surface area is 164 Å². The van der Waals surface area contributed by atoms with Gasteiger partial charge >= 0.3 is 5.69 Å². The number of thioether (sulfide) groups is 1. The molecule has 0 spiro atoms. The smallest absolute Gasteiger partial charge is 0.329 e. The van der Waals surface area contributed by atoms with Gasteiger partial charge in [0, 0.05) is 14.1 Å². The first-order chi connectivity index (χ1) is 12.6. The highest BCUT2D eigenvalue weighted by Crippen LogP contribution is 2.27. The van der Waals surface area contributed by atoms with Crippen LogP contribution in [0.25, 0.3) is 0 Å². The Balaban J connectivity index is 2.34. The first-order valence-corrected chi connectivity index (χ1v) is 9.87. The zero-order valence-corrected chi connectivity index (χ0v) is 17.9. The molecule has 146 valence electrons. The molecule has 1 N–H and O–H groups in total. The summed E-state index contributed by atoms with van der Waals surface area (Å²) >= 11 is 1.63. The van der Waals surface area contributed by atoms with E-state index < -0.39 is 5.69 Å². The average molecular weight is 389 g/mol. The molecule has 1 aromatic heterocycles. The normalized spacial score (nSPS) is 12.9. The van der Waals surface area contributed by atoms with Gasteiger partial charge in [-0.1, -0.05) is 30.8 Å². The first-order valence-electron chi connectivity index (χ1n) is 8.99. The van der Waals surface area contributed by atoms with Crippen LogP contribution in [0, 0.1) is 20.8 Å². The van der Waals surface area contributed by atoms with Crippen LogP contribution in [0.1, 0.15) is 37.0 Å². The molecule has 0 radical (unpaired) electrons. The summed E-state index contributed by atoms with van der Waals surface area (Å²) in [5.41, 5.74) is 3.06. The van der Waals surface area contributed by atoms with Crippen LogP contribution in [-0.4, -0.2) is 27.0 Å². The summed E-state index contributed by atoms with van der Waals surface area (Å²) < 4.78 is 1.47. The Kier molecular flexibility index (Phi) is 6.70. The lowest BCUT2D eigenvalue weighted by Gasteiger charge is -2.29. The van der Waals surface area contributed by atoms with Crippen molar-refractivity contribution in [2.75, 3.05) is 11.9 Å². The van der Waals surface area contributed by atoms with Gasteiger partial charge in [-0.15, -0.1) is 0 Å². The highest BCUT2D eigenvalue weighted by Gasteiger charge is 2.19. The van der Waals surface area contributed by atoms with E-state index in [0.717, 1.165) is 22.7 Å². The number of hydrogen-bond acceptors (Lipinski definition) is 5. The molecule has 0 saturated heterocycles. The number of anilines is 1. The topological polar surface area (TPSA) is 70.5 Å². The van der Waals surface area contributed by atoms with E-state index in [4.69, 9.17) is 4.99 Å². The van der Waals surface area contributed by atoms with Crippen molar-refractivity contribution in [3.05, 3.63) is 55.7 Å². The molecular formula is C20H28N4O2S. The highest BCUT2D eigenvalue weighted by atomic mass is 32.2. The minimum atomic E-state index is -0.413. The molecular weight excluding hydrogens is 360 g/mol. The van der Waals surface area contributed by atoms with Gasteiger partial charge in [-0.25, -0.2) is 9.79 Å². The van der Waals surface area contributed by atoms with Gasteiger partial charge in [0.05, 0.1) is 21.7 Å². The van der Waals surface area contributed by atoms with E-state index in [1.807, 2.05) is 18.9 Å². The lowest BCUT2D eigenvalue weighted by molar-refractivity contribution is 0.741. The molecule has 7 heteroatoms. The molecule has 2 rings (SSSR count). The zero-order chi connectivity index (χ0) is 20.3. The van der Waals surface area contributed by atoms with Crippen molar-refractivity contribution in [3.63, 3.8) is 0 Å². The van der Waals surface area contributed by atoms with Crippen molar-refractivity contribution in [1.29, 1.82) is 0 Å². The fraction of sp³-hybridized carbons (Fsp3) is 0.450. The number of aromatic nitrogens is 2. The largest absolute Gasteiger partial charge is 0.348 e. The van der Waals surface area contributed by atoms with Crippen molar-refractivity contribution < 1.29 is 0 Å². The van der Waals surface area contributed by atoms with E-state index in [2.05, 4.69) is 44.0 Å². The maximum atomic E-state index is 12.0. The third-order valence-corrected chi connectivity index (χ3v) is 5.93. The quantitative estimate of drug-likeness (QED) is 0.482. The summed E-state index contributed by atoms with van der Waals surface area (Å²) in [4.78, 5) is 33.1. The number of nitrogens with zero attached hydrogens (tertiary/aromatic N) is 3. The number of nitrogens with one attached hydrogen (secondary N) is 1. The maximum Gasteiger partial charge on any atom is 0.329 e. The molecule has 1 aromatic carbocycles. The van der Waals surface area contributed by atoms with Gasteiger partial charge in [0.2, 0.25) is 0 Å². The summed E-state index contributed by atoms with van der Waals surface area (Å²) in [6.45, 7) is 9.97. The molecule has 1 atom stereocenters. The molecule has 0 amide bonds. The lowest BCUT2D eigenvalue weighted by Crippen LogP contribution is -2.38. The minimum Gasteiger partial charge on any atom is -0.348 e. The van der Waals surface area contributed by atoms with Gasteiger partial charge in [-0.05, 0) is 51.3 Å². The van der Waals surface area contributed by atoms with Crippen molar-refractivity contribution in [3.8, 4) is 0 Å². The number of benzene rings is 1. The average Bonchev–Trinajstić information content (AvgIpc) is 2.62. The van der Waals surface area contributed by atoms with Crippen molar-refractivity contribution in [1.82, 2.24) is 9.55 Å². The number of aliphatic imine (C=N–C) groups is 1. The number of H-pyrrole nitrogens is 1. The lowest BCUT2D eigenvalue weighted by atomic mass is 10.1. The SMILES string of the molecule is CC/C(=N\c1cc(C)ccc1C)SC(C)N(C)c1c(C)c(=O)[nH]c(=O)n1C. The Hall–Kier alpha value is -2.28. The Bertz CT molecular complexity index is 941. The van der Waals surface area contributed by atoms with Crippen LogP contribution in [0.5, 0.6) is 0 Å². The predicted molar refractivity (Wildman–Crippen MR) is 116 cm³/mol. The van der Waals surface area contributed by atoms with Crippen LogP contribution < -0.4 is 16.1 Å². The molecule has 0 aliphatic carbocycles. The van der Waals surface area contributed by atoms with Crippen molar-refractivity contribution in [2.45, 2.75) is 46.4 Å². The molecule has 0 aliphatic heterocycles. The summed E-state index contributed by atoms with van der Waals surface area (Å²) in [5.74, 6) is 0.617.